The highest BCUT2D eigenvalue weighted by atomic mass is 79.9. The Hall–Kier alpha value is -2.85. The lowest BCUT2D eigenvalue weighted by Gasteiger charge is -2.23. The highest BCUT2D eigenvalue weighted by Gasteiger charge is 2.29. The fourth-order valence-corrected chi connectivity index (χ4v) is 3.73. The predicted octanol–water partition coefficient (Wildman–Crippen LogP) is 3.15. The number of rotatable bonds is 3. The van der Waals surface area contributed by atoms with E-state index in [-0.39, 0.29) is 12.5 Å². The summed E-state index contributed by atoms with van der Waals surface area (Å²) in [5.41, 5.74) is 3.27. The molecule has 0 fully saturated rings. The Morgan fingerprint density at radius 3 is 2.69 bits per heavy atom. The molecule has 0 spiro atoms. The topological polar surface area (TPSA) is 74.9 Å². The number of hydrogen-bond acceptors (Lipinski definition) is 5. The molecule has 2 aromatic rings. The van der Waals surface area contributed by atoms with Crippen LogP contribution in [0.3, 0.4) is 0 Å². The largest absolute Gasteiger partial charge is 0.493 e. The maximum Gasteiger partial charge on any atom is 0.248 e. The number of hydrogen-bond donors (Lipinski definition) is 0. The van der Waals surface area contributed by atoms with Crippen molar-refractivity contribution >= 4 is 33.2 Å². The molecule has 6 nitrogen and oxygen atoms in total. The highest BCUT2D eigenvalue weighted by molar-refractivity contribution is 9.10. The molecule has 26 heavy (non-hydrogen) atoms. The molecule has 1 amide bonds. The minimum Gasteiger partial charge on any atom is -0.493 e. The first kappa shape index (κ1) is 18.0. The van der Waals surface area contributed by atoms with E-state index in [1.807, 2.05) is 6.07 Å². The zero-order valence-corrected chi connectivity index (χ0v) is 16.1. The molecule has 0 atom stereocenters. The lowest BCUT2D eigenvalue weighted by atomic mass is 9.98. The van der Waals surface area contributed by atoms with Gasteiger partial charge in [0.1, 0.15) is 6.54 Å². The zero-order valence-electron chi connectivity index (χ0n) is 14.5. The van der Waals surface area contributed by atoms with Gasteiger partial charge in [0, 0.05) is 18.2 Å². The molecule has 1 heterocycles. The molecule has 2 aromatic carbocycles. The van der Waals surface area contributed by atoms with Crippen LogP contribution >= 0.6 is 15.9 Å². The second-order valence-electron chi connectivity index (χ2n) is 5.63. The van der Waals surface area contributed by atoms with Crippen LogP contribution in [0.5, 0.6) is 11.5 Å². The minimum atomic E-state index is -0.148. The molecule has 3 rings (SSSR count). The number of carbonyl (C=O) groups excluding carboxylic acids is 1. The fourth-order valence-electron chi connectivity index (χ4n) is 2.89. The maximum atomic E-state index is 12.5. The van der Waals surface area contributed by atoms with Crippen LogP contribution in [0.2, 0.25) is 0 Å². The van der Waals surface area contributed by atoms with Crippen LogP contribution in [0.1, 0.15) is 16.7 Å². The number of amides is 1. The van der Waals surface area contributed by atoms with Crippen LogP contribution in [0, 0.1) is 11.3 Å². The van der Waals surface area contributed by atoms with E-state index < -0.39 is 0 Å². The summed E-state index contributed by atoms with van der Waals surface area (Å²) in [5.74, 6) is 0.869. The number of likely N-dealkylation sites (N-methyl/N-ethyl adjacent to an activating group) is 1. The van der Waals surface area contributed by atoms with Gasteiger partial charge in [0.2, 0.25) is 5.91 Å². The molecule has 0 bridgehead atoms. The number of ether oxygens (including phenoxy) is 2. The van der Waals surface area contributed by atoms with Gasteiger partial charge >= 0.3 is 0 Å². The van der Waals surface area contributed by atoms with Gasteiger partial charge in [0.15, 0.2) is 11.5 Å². The number of halogens is 1. The summed E-state index contributed by atoms with van der Waals surface area (Å²) in [6.45, 7) is 0.00830. The third-order valence-electron chi connectivity index (χ3n) is 4.19. The van der Waals surface area contributed by atoms with Gasteiger partial charge in [0.05, 0.1) is 41.7 Å². The molecule has 0 aromatic heterocycles. The first-order valence-corrected chi connectivity index (χ1v) is 8.57. The second-order valence-corrected chi connectivity index (χ2v) is 6.43. The second kappa shape index (κ2) is 7.18. The molecule has 132 valence electrons. The Labute approximate surface area is 159 Å². The van der Waals surface area contributed by atoms with E-state index in [2.05, 4.69) is 27.0 Å². The lowest BCUT2D eigenvalue weighted by Crippen LogP contribution is -2.28. The van der Waals surface area contributed by atoms with Crippen LogP contribution in [0.4, 0.5) is 5.69 Å². The number of fused-ring (bicyclic) bond motifs is 1. The Balaban J connectivity index is 2.33. The summed E-state index contributed by atoms with van der Waals surface area (Å²) < 4.78 is 11.5. The smallest absolute Gasteiger partial charge is 0.248 e. The summed E-state index contributed by atoms with van der Waals surface area (Å²) in [4.78, 5) is 18.5. The Bertz CT molecular complexity index is 963. The van der Waals surface area contributed by atoms with E-state index >= 15 is 0 Å². The van der Waals surface area contributed by atoms with Crippen molar-refractivity contribution in [1.29, 1.82) is 5.26 Å². The quantitative estimate of drug-likeness (QED) is 0.774. The Morgan fingerprint density at radius 1 is 1.27 bits per heavy atom. The molecular formula is C19H16BrN3O3. The van der Waals surface area contributed by atoms with Crippen LogP contribution in [0.25, 0.3) is 0 Å². The third-order valence-corrected chi connectivity index (χ3v) is 4.92. The Morgan fingerprint density at radius 2 is 2.04 bits per heavy atom. The van der Waals surface area contributed by atoms with Gasteiger partial charge < -0.3 is 14.4 Å². The molecule has 0 saturated carbocycles. The van der Waals surface area contributed by atoms with Crippen LogP contribution in [-0.4, -0.2) is 39.4 Å². The van der Waals surface area contributed by atoms with Crippen LogP contribution < -0.4 is 14.4 Å². The molecular weight excluding hydrogens is 398 g/mol. The van der Waals surface area contributed by atoms with E-state index in [1.54, 1.807) is 50.4 Å². The van der Waals surface area contributed by atoms with Crippen molar-refractivity contribution < 1.29 is 14.3 Å². The van der Waals surface area contributed by atoms with E-state index in [9.17, 15) is 10.1 Å². The van der Waals surface area contributed by atoms with Gasteiger partial charge in [-0.2, -0.15) is 5.26 Å². The molecule has 1 aliphatic heterocycles. The molecule has 0 N–H and O–H groups in total. The number of carbonyl (C=O) groups is 1. The lowest BCUT2D eigenvalue weighted by molar-refractivity contribution is -0.116. The first-order valence-electron chi connectivity index (χ1n) is 7.78. The summed E-state index contributed by atoms with van der Waals surface area (Å²) in [6, 6.07) is 11.1. The summed E-state index contributed by atoms with van der Waals surface area (Å²) in [5, 5.41) is 9.19. The van der Waals surface area contributed by atoms with Crippen molar-refractivity contribution in [1.82, 2.24) is 0 Å². The highest BCUT2D eigenvalue weighted by Crippen LogP contribution is 2.45. The van der Waals surface area contributed by atoms with Crippen molar-refractivity contribution in [2.24, 2.45) is 4.99 Å². The number of methoxy groups -OCH3 is 2. The van der Waals surface area contributed by atoms with Crippen molar-refractivity contribution in [2.75, 3.05) is 32.7 Å². The molecule has 0 saturated heterocycles. The van der Waals surface area contributed by atoms with Gasteiger partial charge in [0.25, 0.3) is 0 Å². The fraction of sp³-hybridized carbons (Fsp3) is 0.211. The standard InChI is InChI=1S/C19H16BrN3O3/c1-23-15(24)10-22-17(12-6-4-5-11(7-12)9-21)13-8-14(25-2)19(26-3)16(20)18(13)23/h4-8H,10H2,1-3H3. The van der Waals surface area contributed by atoms with E-state index in [1.165, 1.54) is 0 Å². The third kappa shape index (κ3) is 2.93. The predicted molar refractivity (Wildman–Crippen MR) is 102 cm³/mol. The van der Waals surface area contributed by atoms with E-state index in [0.717, 1.165) is 11.1 Å². The van der Waals surface area contributed by atoms with Crippen LogP contribution in [-0.2, 0) is 4.79 Å². The number of nitrogens with zero attached hydrogens (tertiary/aromatic N) is 3. The van der Waals surface area contributed by atoms with Crippen molar-refractivity contribution in [2.45, 2.75) is 0 Å². The SMILES string of the molecule is COc1cc2c(c(Br)c1OC)N(C)C(=O)CN=C2c1cccc(C#N)c1. The summed E-state index contributed by atoms with van der Waals surface area (Å²) in [6.07, 6.45) is 0. The van der Waals surface area contributed by atoms with Crippen LogP contribution in [0.15, 0.2) is 39.8 Å². The summed E-state index contributed by atoms with van der Waals surface area (Å²) >= 11 is 3.54. The van der Waals surface area contributed by atoms with E-state index in [0.29, 0.717) is 32.9 Å². The molecule has 0 radical (unpaired) electrons. The van der Waals surface area contributed by atoms with Gasteiger partial charge in [-0.3, -0.25) is 9.79 Å². The minimum absolute atomic E-state index is 0.00830. The van der Waals surface area contributed by atoms with Crippen molar-refractivity contribution in [3.8, 4) is 17.6 Å². The van der Waals surface area contributed by atoms with Crippen molar-refractivity contribution in [3.05, 3.63) is 51.5 Å². The van der Waals surface area contributed by atoms with Gasteiger partial charge in [-0.15, -0.1) is 0 Å². The van der Waals surface area contributed by atoms with Gasteiger partial charge in [-0.05, 0) is 34.1 Å². The summed E-state index contributed by atoms with van der Waals surface area (Å²) in [7, 11) is 4.79. The molecule has 7 heteroatoms. The van der Waals surface area contributed by atoms with E-state index in [4.69, 9.17) is 9.47 Å². The molecule has 0 unspecified atom stereocenters. The monoisotopic (exact) mass is 413 g/mol. The average Bonchev–Trinajstić information content (AvgIpc) is 2.78. The first-order chi connectivity index (χ1) is 12.5. The van der Waals surface area contributed by atoms with Crippen molar-refractivity contribution in [3.63, 3.8) is 0 Å². The molecule has 1 aliphatic rings. The number of anilines is 1. The number of benzene rings is 2. The maximum absolute atomic E-state index is 12.5. The number of benzodiazepines with no additional fused rings is 1. The normalized spacial score (nSPS) is 13.4. The Kier molecular flexibility index (Phi) is 4.96. The van der Waals surface area contributed by atoms with Gasteiger partial charge in [-0.1, -0.05) is 12.1 Å². The zero-order chi connectivity index (χ0) is 18.8. The number of aliphatic imine (C=N–C) groups is 1. The molecule has 0 aliphatic carbocycles. The average molecular weight is 414 g/mol. The number of nitriles is 1. The van der Waals surface area contributed by atoms with Gasteiger partial charge in [-0.25, -0.2) is 0 Å².